The standard InChI is InChI=1S/C12H16ClN/c13-12-8-9(2-1-7-14)3-6-11(12)10-4-5-10/h3,6,8,10H,1-2,4-5,7,14H2. The van der Waals surface area contributed by atoms with E-state index in [1.54, 1.807) is 0 Å². The first kappa shape index (κ1) is 10.0. The molecule has 1 aliphatic carbocycles. The molecule has 0 aromatic heterocycles. The molecule has 1 fully saturated rings. The maximum atomic E-state index is 6.21. The zero-order valence-electron chi connectivity index (χ0n) is 8.30. The molecule has 2 rings (SSSR count). The second-order valence-corrected chi connectivity index (χ2v) is 4.43. The molecule has 1 nitrogen and oxygen atoms in total. The van der Waals surface area contributed by atoms with Crippen LogP contribution in [0.1, 0.15) is 36.3 Å². The van der Waals surface area contributed by atoms with Crippen molar-refractivity contribution in [2.24, 2.45) is 5.73 Å². The van der Waals surface area contributed by atoms with Crippen LogP contribution in [0.25, 0.3) is 0 Å². The van der Waals surface area contributed by atoms with E-state index in [0.717, 1.165) is 30.3 Å². The van der Waals surface area contributed by atoms with Crippen LogP contribution < -0.4 is 5.73 Å². The minimum atomic E-state index is 0.742. The number of hydrogen-bond acceptors (Lipinski definition) is 1. The first-order valence-corrected chi connectivity index (χ1v) is 5.67. The molecule has 0 aliphatic heterocycles. The molecule has 0 heterocycles. The predicted octanol–water partition coefficient (Wildman–Crippen LogP) is 3.11. The number of aryl methyl sites for hydroxylation is 1. The SMILES string of the molecule is NCCCc1ccc(C2CC2)c(Cl)c1. The summed E-state index contributed by atoms with van der Waals surface area (Å²) in [4.78, 5) is 0. The minimum Gasteiger partial charge on any atom is -0.330 e. The molecule has 1 saturated carbocycles. The summed E-state index contributed by atoms with van der Waals surface area (Å²) in [5.41, 5.74) is 8.12. The lowest BCUT2D eigenvalue weighted by atomic mass is 10.0. The van der Waals surface area contributed by atoms with Gasteiger partial charge in [-0.3, -0.25) is 0 Å². The maximum absolute atomic E-state index is 6.21. The quantitative estimate of drug-likeness (QED) is 0.811. The number of halogens is 1. The van der Waals surface area contributed by atoms with Gasteiger partial charge in [0.05, 0.1) is 0 Å². The van der Waals surface area contributed by atoms with Crippen LogP contribution in [0.2, 0.25) is 5.02 Å². The van der Waals surface area contributed by atoms with Crippen molar-refractivity contribution in [3.05, 3.63) is 34.3 Å². The Morgan fingerprint density at radius 1 is 1.36 bits per heavy atom. The van der Waals surface area contributed by atoms with Gasteiger partial charge in [-0.15, -0.1) is 0 Å². The zero-order chi connectivity index (χ0) is 9.97. The van der Waals surface area contributed by atoms with Gasteiger partial charge < -0.3 is 5.73 Å². The second-order valence-electron chi connectivity index (χ2n) is 4.02. The molecule has 2 heteroatoms. The van der Waals surface area contributed by atoms with Gasteiger partial charge in [0, 0.05) is 5.02 Å². The lowest BCUT2D eigenvalue weighted by Crippen LogP contribution is -2.00. The Morgan fingerprint density at radius 3 is 2.71 bits per heavy atom. The van der Waals surface area contributed by atoms with Crippen LogP contribution >= 0.6 is 11.6 Å². The third-order valence-electron chi connectivity index (χ3n) is 2.75. The lowest BCUT2D eigenvalue weighted by Gasteiger charge is -2.05. The van der Waals surface area contributed by atoms with Crippen LogP contribution in [0.3, 0.4) is 0 Å². The Morgan fingerprint density at radius 2 is 2.14 bits per heavy atom. The number of hydrogen-bond donors (Lipinski definition) is 1. The van der Waals surface area contributed by atoms with Gasteiger partial charge >= 0.3 is 0 Å². The van der Waals surface area contributed by atoms with E-state index in [1.807, 2.05) is 0 Å². The van der Waals surface area contributed by atoms with E-state index in [-0.39, 0.29) is 0 Å². The molecule has 0 bridgehead atoms. The summed E-state index contributed by atoms with van der Waals surface area (Å²) in [5.74, 6) is 0.742. The Balaban J connectivity index is 2.09. The molecule has 0 saturated heterocycles. The third kappa shape index (κ3) is 2.28. The summed E-state index contributed by atoms with van der Waals surface area (Å²) in [6, 6.07) is 6.48. The van der Waals surface area contributed by atoms with Gasteiger partial charge in [-0.2, -0.15) is 0 Å². The van der Waals surface area contributed by atoms with E-state index in [2.05, 4.69) is 18.2 Å². The minimum absolute atomic E-state index is 0.742. The van der Waals surface area contributed by atoms with Crippen molar-refractivity contribution in [2.45, 2.75) is 31.6 Å². The second kappa shape index (κ2) is 4.33. The lowest BCUT2D eigenvalue weighted by molar-refractivity contribution is 0.832. The normalized spacial score (nSPS) is 15.9. The first-order chi connectivity index (χ1) is 6.81. The average Bonchev–Trinajstić information content (AvgIpc) is 2.98. The van der Waals surface area contributed by atoms with E-state index < -0.39 is 0 Å². The van der Waals surface area contributed by atoms with Crippen LogP contribution in [0, 0.1) is 0 Å². The fourth-order valence-electron chi connectivity index (χ4n) is 1.76. The van der Waals surface area contributed by atoms with Crippen LogP contribution in [0.15, 0.2) is 18.2 Å². The summed E-state index contributed by atoms with van der Waals surface area (Å²) in [5, 5.41) is 0.946. The van der Waals surface area contributed by atoms with Gasteiger partial charge in [0.2, 0.25) is 0 Å². The van der Waals surface area contributed by atoms with E-state index in [4.69, 9.17) is 17.3 Å². The molecule has 1 aliphatic rings. The maximum Gasteiger partial charge on any atom is 0.0443 e. The molecule has 0 amide bonds. The molecule has 0 unspecified atom stereocenters. The van der Waals surface area contributed by atoms with Crippen LogP contribution in [0.5, 0.6) is 0 Å². The van der Waals surface area contributed by atoms with Gasteiger partial charge in [0.25, 0.3) is 0 Å². The summed E-state index contributed by atoms with van der Waals surface area (Å²) in [6.07, 6.45) is 4.70. The highest BCUT2D eigenvalue weighted by Crippen LogP contribution is 2.43. The van der Waals surface area contributed by atoms with E-state index in [0.29, 0.717) is 0 Å². The van der Waals surface area contributed by atoms with Crippen LogP contribution in [0.4, 0.5) is 0 Å². The van der Waals surface area contributed by atoms with Gasteiger partial charge in [0.1, 0.15) is 0 Å². The van der Waals surface area contributed by atoms with Crippen molar-refractivity contribution in [3.63, 3.8) is 0 Å². The van der Waals surface area contributed by atoms with E-state index in [1.165, 1.54) is 24.0 Å². The van der Waals surface area contributed by atoms with Crippen LogP contribution in [-0.2, 0) is 6.42 Å². The topological polar surface area (TPSA) is 26.0 Å². The molecule has 0 spiro atoms. The molecule has 76 valence electrons. The van der Waals surface area contributed by atoms with Crippen molar-refractivity contribution in [2.75, 3.05) is 6.54 Å². The number of rotatable bonds is 4. The molecular weight excluding hydrogens is 194 g/mol. The third-order valence-corrected chi connectivity index (χ3v) is 3.08. The van der Waals surface area contributed by atoms with Crippen molar-refractivity contribution < 1.29 is 0 Å². The number of benzene rings is 1. The molecule has 2 N–H and O–H groups in total. The molecule has 0 atom stereocenters. The monoisotopic (exact) mass is 209 g/mol. The Labute approximate surface area is 90.3 Å². The van der Waals surface area contributed by atoms with Gasteiger partial charge in [-0.05, 0) is 55.3 Å². The summed E-state index contributed by atoms with van der Waals surface area (Å²) in [6.45, 7) is 0.752. The molecule has 1 aromatic carbocycles. The van der Waals surface area contributed by atoms with Crippen molar-refractivity contribution in [1.82, 2.24) is 0 Å². The molecule has 0 radical (unpaired) electrons. The number of nitrogens with two attached hydrogens (primary N) is 1. The largest absolute Gasteiger partial charge is 0.330 e. The van der Waals surface area contributed by atoms with Gasteiger partial charge in [-0.1, -0.05) is 23.7 Å². The van der Waals surface area contributed by atoms with Crippen molar-refractivity contribution >= 4 is 11.6 Å². The fourth-order valence-corrected chi connectivity index (χ4v) is 2.12. The zero-order valence-corrected chi connectivity index (χ0v) is 9.06. The smallest absolute Gasteiger partial charge is 0.0443 e. The van der Waals surface area contributed by atoms with Gasteiger partial charge in [0.15, 0.2) is 0 Å². The predicted molar refractivity (Wildman–Crippen MR) is 60.8 cm³/mol. The Kier molecular flexibility index (Phi) is 3.09. The summed E-state index contributed by atoms with van der Waals surface area (Å²) >= 11 is 6.21. The van der Waals surface area contributed by atoms with Crippen molar-refractivity contribution in [3.8, 4) is 0 Å². The van der Waals surface area contributed by atoms with Gasteiger partial charge in [-0.25, -0.2) is 0 Å². The average molecular weight is 210 g/mol. The summed E-state index contributed by atoms with van der Waals surface area (Å²) < 4.78 is 0. The molecule has 1 aromatic rings. The highest BCUT2D eigenvalue weighted by atomic mass is 35.5. The first-order valence-electron chi connectivity index (χ1n) is 5.29. The van der Waals surface area contributed by atoms with E-state index >= 15 is 0 Å². The summed E-state index contributed by atoms with van der Waals surface area (Å²) in [7, 11) is 0. The Bertz CT molecular complexity index is 318. The Hall–Kier alpha value is -0.530. The van der Waals surface area contributed by atoms with Crippen LogP contribution in [-0.4, -0.2) is 6.54 Å². The van der Waals surface area contributed by atoms with Crippen molar-refractivity contribution in [1.29, 1.82) is 0 Å². The fraction of sp³-hybridized carbons (Fsp3) is 0.500. The molecule has 14 heavy (non-hydrogen) atoms. The molecular formula is C12H16ClN. The highest BCUT2D eigenvalue weighted by molar-refractivity contribution is 6.31. The van der Waals surface area contributed by atoms with E-state index in [9.17, 15) is 0 Å². The highest BCUT2D eigenvalue weighted by Gasteiger charge is 2.25.